The van der Waals surface area contributed by atoms with Gasteiger partial charge < -0.3 is 15.0 Å². The average molecular weight is 286 g/mol. The van der Waals surface area contributed by atoms with Crippen molar-refractivity contribution in [3.05, 3.63) is 29.8 Å². The Bertz CT molecular complexity index is 574. The molecule has 2 fully saturated rings. The second-order valence-corrected chi connectivity index (χ2v) is 6.64. The predicted octanol–water partition coefficient (Wildman–Crippen LogP) is 1.83. The fourth-order valence-electron chi connectivity index (χ4n) is 3.97. The smallest absolute Gasteiger partial charge is 0.259 e. The van der Waals surface area contributed by atoms with Gasteiger partial charge in [-0.1, -0.05) is 18.2 Å². The average Bonchev–Trinajstić information content (AvgIpc) is 3.25. The van der Waals surface area contributed by atoms with Gasteiger partial charge in [0.2, 0.25) is 0 Å². The van der Waals surface area contributed by atoms with Crippen molar-refractivity contribution in [2.75, 3.05) is 31.6 Å². The Balaban J connectivity index is 1.69. The van der Waals surface area contributed by atoms with Crippen LogP contribution in [0.2, 0.25) is 0 Å². The highest BCUT2D eigenvalue weighted by molar-refractivity contribution is 6.02. The summed E-state index contributed by atoms with van der Waals surface area (Å²) < 4.78 is 5.73. The topological polar surface area (TPSA) is 41.6 Å². The van der Waals surface area contributed by atoms with Gasteiger partial charge in [0.1, 0.15) is 5.60 Å². The van der Waals surface area contributed by atoms with Gasteiger partial charge in [0.25, 0.3) is 5.91 Å². The zero-order valence-corrected chi connectivity index (χ0v) is 12.5. The lowest BCUT2D eigenvalue weighted by Gasteiger charge is -2.38. The Morgan fingerprint density at radius 3 is 2.57 bits per heavy atom. The lowest BCUT2D eigenvalue weighted by Crippen LogP contribution is -2.55. The van der Waals surface area contributed by atoms with Gasteiger partial charge in [0, 0.05) is 24.8 Å². The Kier molecular flexibility index (Phi) is 2.88. The highest BCUT2D eigenvalue weighted by Crippen LogP contribution is 2.56. The number of ether oxygens (including phenoxy) is 1. The van der Waals surface area contributed by atoms with Crippen LogP contribution in [0, 0.1) is 0 Å². The molecular formula is C17H22N2O2. The first-order valence-electron chi connectivity index (χ1n) is 7.88. The Labute approximate surface area is 125 Å². The number of hydrogen-bond donors (Lipinski definition) is 1. The minimum atomic E-state index is -0.640. The van der Waals surface area contributed by atoms with E-state index in [2.05, 4.69) is 23.5 Å². The van der Waals surface area contributed by atoms with Crippen molar-refractivity contribution in [3.8, 4) is 0 Å². The number of hydrogen-bond acceptors (Lipinski definition) is 3. The molecule has 2 heterocycles. The van der Waals surface area contributed by atoms with Gasteiger partial charge >= 0.3 is 0 Å². The first-order chi connectivity index (χ1) is 10.2. The van der Waals surface area contributed by atoms with Crippen molar-refractivity contribution in [1.29, 1.82) is 0 Å². The molecule has 1 saturated heterocycles. The lowest BCUT2D eigenvalue weighted by molar-refractivity contribution is -0.143. The second-order valence-electron chi connectivity index (χ2n) is 6.64. The molecule has 0 unspecified atom stereocenters. The normalized spacial score (nSPS) is 24.9. The molecule has 1 aromatic carbocycles. The molecule has 1 aliphatic carbocycles. The molecule has 4 rings (SSSR count). The van der Waals surface area contributed by atoms with Crippen LogP contribution >= 0.6 is 0 Å². The summed E-state index contributed by atoms with van der Waals surface area (Å²) in [5, 5.41) is 3.32. The number of anilines is 1. The van der Waals surface area contributed by atoms with Crippen molar-refractivity contribution < 1.29 is 9.53 Å². The molecule has 0 bridgehead atoms. The van der Waals surface area contributed by atoms with Gasteiger partial charge in [-0.25, -0.2) is 0 Å². The lowest BCUT2D eigenvalue weighted by atomic mass is 9.90. The van der Waals surface area contributed by atoms with Crippen LogP contribution in [0.25, 0.3) is 0 Å². The van der Waals surface area contributed by atoms with Crippen LogP contribution in [0.1, 0.15) is 31.2 Å². The largest absolute Gasteiger partial charge is 0.368 e. The van der Waals surface area contributed by atoms with E-state index in [0.29, 0.717) is 0 Å². The van der Waals surface area contributed by atoms with Gasteiger partial charge in [-0.2, -0.15) is 0 Å². The third-order valence-electron chi connectivity index (χ3n) is 5.52. The van der Waals surface area contributed by atoms with Crippen molar-refractivity contribution in [2.24, 2.45) is 0 Å². The second kappa shape index (κ2) is 4.55. The van der Waals surface area contributed by atoms with Crippen molar-refractivity contribution >= 4 is 11.6 Å². The molecule has 4 nitrogen and oxygen atoms in total. The number of para-hydroxylation sites is 1. The number of nitrogens with zero attached hydrogens (tertiary/aromatic N) is 1. The molecule has 21 heavy (non-hydrogen) atoms. The molecule has 1 aromatic rings. The summed E-state index contributed by atoms with van der Waals surface area (Å²) in [4.78, 5) is 15.2. The summed E-state index contributed by atoms with van der Waals surface area (Å²) in [6.07, 6.45) is 3.92. The summed E-state index contributed by atoms with van der Waals surface area (Å²) in [6, 6.07) is 8.40. The van der Waals surface area contributed by atoms with E-state index in [4.69, 9.17) is 4.74 Å². The molecule has 0 atom stereocenters. The number of carbonyl (C=O) groups excluding carboxylic acids is 1. The molecule has 3 aliphatic rings. The summed E-state index contributed by atoms with van der Waals surface area (Å²) >= 11 is 0. The fourth-order valence-corrected chi connectivity index (χ4v) is 3.97. The van der Waals surface area contributed by atoms with Crippen molar-refractivity contribution in [1.82, 2.24) is 5.32 Å². The molecule has 0 radical (unpaired) electrons. The first-order valence-corrected chi connectivity index (χ1v) is 7.88. The highest BCUT2D eigenvalue weighted by Gasteiger charge is 2.55. The van der Waals surface area contributed by atoms with E-state index < -0.39 is 5.60 Å². The number of nitrogens with one attached hydrogen (secondary N) is 1. The van der Waals surface area contributed by atoms with Gasteiger partial charge in [-0.3, -0.25) is 4.79 Å². The highest BCUT2D eigenvalue weighted by atomic mass is 16.5. The minimum Gasteiger partial charge on any atom is -0.368 e. The molecule has 1 N–H and O–H groups in total. The summed E-state index contributed by atoms with van der Waals surface area (Å²) in [5.41, 5.74) is 2.07. The maximum atomic E-state index is 13.2. The number of rotatable bonds is 2. The van der Waals surface area contributed by atoms with E-state index in [1.807, 2.05) is 11.0 Å². The Morgan fingerprint density at radius 1 is 1.19 bits per heavy atom. The first kappa shape index (κ1) is 13.3. The van der Waals surface area contributed by atoms with Crippen molar-refractivity contribution in [3.63, 3.8) is 0 Å². The quantitative estimate of drug-likeness (QED) is 0.902. The third kappa shape index (κ3) is 1.86. The van der Waals surface area contributed by atoms with E-state index in [1.54, 1.807) is 7.11 Å². The molecule has 1 spiro atoms. The number of piperidine rings is 1. The molecule has 112 valence electrons. The maximum Gasteiger partial charge on any atom is 0.259 e. The molecule has 2 aliphatic heterocycles. The van der Waals surface area contributed by atoms with Crippen LogP contribution in [0.5, 0.6) is 0 Å². The van der Waals surface area contributed by atoms with E-state index in [9.17, 15) is 4.79 Å². The molecular weight excluding hydrogens is 264 g/mol. The SMILES string of the molecule is COC1(C(=O)N2CC3(CC3)c3ccccc32)CCNCC1. The molecule has 1 saturated carbocycles. The van der Waals surface area contributed by atoms with E-state index in [-0.39, 0.29) is 11.3 Å². The molecule has 1 amide bonds. The zero-order valence-electron chi connectivity index (χ0n) is 12.5. The third-order valence-corrected chi connectivity index (χ3v) is 5.52. The summed E-state index contributed by atoms with van der Waals surface area (Å²) in [6.45, 7) is 2.53. The van der Waals surface area contributed by atoms with E-state index >= 15 is 0 Å². The predicted molar refractivity (Wildman–Crippen MR) is 81.6 cm³/mol. The van der Waals surface area contributed by atoms with Crippen LogP contribution in [-0.4, -0.2) is 38.3 Å². The number of amides is 1. The van der Waals surface area contributed by atoms with Crippen LogP contribution in [0.4, 0.5) is 5.69 Å². The summed E-state index contributed by atoms with van der Waals surface area (Å²) in [7, 11) is 1.68. The minimum absolute atomic E-state index is 0.155. The van der Waals surface area contributed by atoms with Gasteiger partial charge in [-0.15, -0.1) is 0 Å². The van der Waals surface area contributed by atoms with Gasteiger partial charge in [-0.05, 0) is 50.4 Å². The van der Waals surface area contributed by atoms with Gasteiger partial charge in [0.15, 0.2) is 0 Å². The number of methoxy groups -OCH3 is 1. The molecule has 0 aromatic heterocycles. The zero-order chi connectivity index (χ0) is 14.5. The number of benzene rings is 1. The van der Waals surface area contributed by atoms with Crippen LogP contribution in [0.15, 0.2) is 24.3 Å². The summed E-state index contributed by atoms with van der Waals surface area (Å²) in [5.74, 6) is 0.155. The number of carbonyl (C=O) groups is 1. The van der Waals surface area contributed by atoms with Crippen molar-refractivity contribution in [2.45, 2.75) is 36.7 Å². The van der Waals surface area contributed by atoms with Crippen LogP contribution < -0.4 is 10.2 Å². The van der Waals surface area contributed by atoms with Gasteiger partial charge in [0.05, 0.1) is 0 Å². The van der Waals surface area contributed by atoms with E-state index in [1.165, 1.54) is 18.4 Å². The number of fused-ring (bicyclic) bond motifs is 2. The fraction of sp³-hybridized carbons (Fsp3) is 0.588. The van der Waals surface area contributed by atoms with Crippen LogP contribution in [0.3, 0.4) is 0 Å². The monoisotopic (exact) mass is 286 g/mol. The molecule has 4 heteroatoms. The maximum absolute atomic E-state index is 13.2. The Morgan fingerprint density at radius 2 is 1.90 bits per heavy atom. The standard InChI is InChI=1S/C17H22N2O2/c1-21-17(8-10-18-11-9-17)15(20)19-12-16(6-7-16)13-4-2-3-5-14(13)19/h2-5,18H,6-12H2,1H3. The van der Waals surface area contributed by atoms with Crippen LogP contribution in [-0.2, 0) is 14.9 Å². The Hall–Kier alpha value is -1.39. The van der Waals surface area contributed by atoms with E-state index in [0.717, 1.165) is 38.2 Å².